The van der Waals surface area contributed by atoms with Crippen LogP contribution in [0, 0.1) is 5.82 Å². The lowest BCUT2D eigenvalue weighted by molar-refractivity contribution is -0.137. The number of nitrogens with zero attached hydrogens (tertiary/aromatic N) is 1. The van der Waals surface area contributed by atoms with Gasteiger partial charge in [0.15, 0.2) is 0 Å². The first kappa shape index (κ1) is 13.0. The molecule has 1 N–H and O–H groups in total. The van der Waals surface area contributed by atoms with E-state index in [-0.39, 0.29) is 12.2 Å². The molecule has 1 aliphatic rings. The van der Waals surface area contributed by atoms with E-state index in [4.69, 9.17) is 5.11 Å². The van der Waals surface area contributed by atoms with Crippen LogP contribution >= 0.6 is 0 Å². The highest BCUT2D eigenvalue weighted by atomic mass is 19.1. The molecule has 1 heterocycles. The second-order valence-electron chi connectivity index (χ2n) is 4.81. The number of halogens is 1. The summed E-state index contributed by atoms with van der Waals surface area (Å²) in [5.74, 6) is -0.458. The summed E-state index contributed by atoms with van der Waals surface area (Å²) in [6.07, 6.45) is 2.25. The van der Waals surface area contributed by atoms with Crippen molar-refractivity contribution in [1.82, 2.24) is 4.90 Å². The lowest BCUT2D eigenvalue weighted by atomic mass is 9.89. The van der Waals surface area contributed by atoms with Crippen molar-refractivity contribution in [3.8, 4) is 0 Å². The maximum absolute atomic E-state index is 12.8. The van der Waals surface area contributed by atoms with Crippen molar-refractivity contribution in [3.63, 3.8) is 0 Å². The Balaban J connectivity index is 1.83. The van der Waals surface area contributed by atoms with Gasteiger partial charge in [0.2, 0.25) is 0 Å². The van der Waals surface area contributed by atoms with Gasteiger partial charge in [0.25, 0.3) is 0 Å². The molecule has 3 nitrogen and oxygen atoms in total. The second kappa shape index (κ2) is 5.96. The van der Waals surface area contributed by atoms with Gasteiger partial charge in [-0.1, -0.05) is 12.1 Å². The number of benzene rings is 1. The molecule has 1 saturated heterocycles. The summed E-state index contributed by atoms with van der Waals surface area (Å²) in [6, 6.07) is 6.72. The van der Waals surface area contributed by atoms with Crippen molar-refractivity contribution in [2.45, 2.75) is 25.2 Å². The Hall–Kier alpha value is -1.42. The molecule has 1 fully saturated rings. The number of carboxylic acid groups (broad SMARTS) is 1. The normalized spacial score (nSPS) is 17.8. The summed E-state index contributed by atoms with van der Waals surface area (Å²) in [6.45, 7) is 2.48. The van der Waals surface area contributed by atoms with Crippen molar-refractivity contribution >= 4 is 5.97 Å². The first-order chi connectivity index (χ1) is 8.65. The molecule has 0 amide bonds. The van der Waals surface area contributed by atoms with Crippen LogP contribution in [-0.2, 0) is 4.79 Å². The predicted octanol–water partition coefficient (Wildman–Crippen LogP) is 2.48. The van der Waals surface area contributed by atoms with E-state index in [0.717, 1.165) is 25.9 Å². The van der Waals surface area contributed by atoms with Gasteiger partial charge >= 0.3 is 5.97 Å². The van der Waals surface area contributed by atoms with Crippen LogP contribution in [0.3, 0.4) is 0 Å². The number of rotatable bonds is 4. The zero-order valence-corrected chi connectivity index (χ0v) is 10.3. The number of carboxylic acids is 1. The first-order valence-electron chi connectivity index (χ1n) is 6.35. The highest BCUT2D eigenvalue weighted by Gasteiger charge is 2.20. The van der Waals surface area contributed by atoms with Gasteiger partial charge in [-0.2, -0.15) is 0 Å². The Morgan fingerprint density at radius 1 is 1.28 bits per heavy atom. The minimum atomic E-state index is -0.740. The quantitative estimate of drug-likeness (QED) is 0.893. The van der Waals surface area contributed by atoms with Crippen LogP contribution < -0.4 is 0 Å². The molecule has 0 bridgehead atoms. The van der Waals surface area contributed by atoms with Gasteiger partial charge in [0, 0.05) is 6.54 Å². The molecule has 4 heteroatoms. The van der Waals surface area contributed by atoms with E-state index in [1.807, 2.05) is 12.1 Å². The van der Waals surface area contributed by atoms with E-state index in [0.29, 0.717) is 12.5 Å². The van der Waals surface area contributed by atoms with Crippen molar-refractivity contribution in [3.05, 3.63) is 35.6 Å². The maximum atomic E-state index is 12.8. The molecule has 0 radical (unpaired) electrons. The largest absolute Gasteiger partial charge is 0.481 e. The smallest absolute Gasteiger partial charge is 0.304 e. The number of piperidine rings is 1. The predicted molar refractivity (Wildman–Crippen MR) is 67.1 cm³/mol. The molecule has 0 unspecified atom stereocenters. The number of aliphatic carboxylic acids is 1. The van der Waals surface area contributed by atoms with Gasteiger partial charge in [-0.05, 0) is 49.5 Å². The number of hydrogen-bond acceptors (Lipinski definition) is 2. The van der Waals surface area contributed by atoms with Crippen LogP contribution in [0.5, 0.6) is 0 Å². The fourth-order valence-corrected chi connectivity index (χ4v) is 2.48. The third kappa shape index (κ3) is 3.53. The van der Waals surface area contributed by atoms with Gasteiger partial charge < -0.3 is 10.0 Å². The van der Waals surface area contributed by atoms with E-state index in [9.17, 15) is 9.18 Å². The molecule has 0 aliphatic carbocycles. The summed E-state index contributed by atoms with van der Waals surface area (Å²) in [5, 5.41) is 8.64. The van der Waals surface area contributed by atoms with Gasteiger partial charge in [-0.3, -0.25) is 4.79 Å². The summed E-state index contributed by atoms with van der Waals surface area (Å²) < 4.78 is 12.8. The first-order valence-corrected chi connectivity index (χ1v) is 6.35. The summed E-state index contributed by atoms with van der Waals surface area (Å²) >= 11 is 0. The minimum absolute atomic E-state index is 0.197. The van der Waals surface area contributed by atoms with E-state index < -0.39 is 5.97 Å². The molecule has 1 aromatic rings. The number of likely N-dealkylation sites (tertiary alicyclic amines) is 1. The van der Waals surface area contributed by atoms with E-state index in [1.165, 1.54) is 17.7 Å². The van der Waals surface area contributed by atoms with E-state index in [1.54, 1.807) is 0 Å². The zero-order valence-electron chi connectivity index (χ0n) is 10.3. The number of hydrogen-bond donors (Lipinski definition) is 1. The Bertz CT molecular complexity index is 397. The monoisotopic (exact) mass is 251 g/mol. The van der Waals surface area contributed by atoms with Crippen molar-refractivity contribution in [2.24, 2.45) is 0 Å². The molecule has 1 aliphatic heterocycles. The maximum Gasteiger partial charge on any atom is 0.304 e. The third-order valence-electron chi connectivity index (χ3n) is 3.57. The summed E-state index contributed by atoms with van der Waals surface area (Å²) in [7, 11) is 0. The summed E-state index contributed by atoms with van der Waals surface area (Å²) in [4.78, 5) is 12.7. The van der Waals surface area contributed by atoms with Gasteiger partial charge in [-0.15, -0.1) is 0 Å². The number of carbonyl (C=O) groups is 1. The Labute approximate surface area is 106 Å². The lowest BCUT2D eigenvalue weighted by Gasteiger charge is -2.31. The Morgan fingerprint density at radius 2 is 1.89 bits per heavy atom. The van der Waals surface area contributed by atoms with Crippen molar-refractivity contribution in [2.75, 3.05) is 19.6 Å². The molecular formula is C14H18FNO2. The van der Waals surface area contributed by atoms with Crippen LogP contribution in [0.2, 0.25) is 0 Å². The molecule has 0 saturated carbocycles. The molecular weight excluding hydrogens is 233 g/mol. The highest BCUT2D eigenvalue weighted by Crippen LogP contribution is 2.27. The Kier molecular flexibility index (Phi) is 4.31. The molecule has 18 heavy (non-hydrogen) atoms. The third-order valence-corrected chi connectivity index (χ3v) is 3.57. The lowest BCUT2D eigenvalue weighted by Crippen LogP contribution is -2.34. The molecule has 1 aromatic carbocycles. The Morgan fingerprint density at radius 3 is 2.44 bits per heavy atom. The second-order valence-corrected chi connectivity index (χ2v) is 4.81. The minimum Gasteiger partial charge on any atom is -0.481 e. The van der Waals surface area contributed by atoms with Crippen molar-refractivity contribution in [1.29, 1.82) is 0 Å². The van der Waals surface area contributed by atoms with E-state index >= 15 is 0 Å². The van der Waals surface area contributed by atoms with Crippen LogP contribution in [0.1, 0.15) is 30.7 Å². The summed E-state index contributed by atoms with van der Waals surface area (Å²) in [5.41, 5.74) is 1.19. The fraction of sp³-hybridized carbons (Fsp3) is 0.500. The van der Waals surface area contributed by atoms with Gasteiger partial charge in [0.05, 0.1) is 6.42 Å². The topological polar surface area (TPSA) is 40.5 Å². The standard InChI is InChI=1S/C14H18FNO2/c15-13-3-1-11(2-4-13)12-5-8-16(9-6-12)10-7-14(17)18/h1-4,12H,5-10H2,(H,17,18). The van der Waals surface area contributed by atoms with E-state index in [2.05, 4.69) is 4.90 Å². The molecule has 2 rings (SSSR count). The SMILES string of the molecule is O=C(O)CCN1CCC(c2ccc(F)cc2)CC1. The van der Waals surface area contributed by atoms with Crippen LogP contribution in [-0.4, -0.2) is 35.6 Å². The fourth-order valence-electron chi connectivity index (χ4n) is 2.48. The molecule has 98 valence electrons. The molecule has 0 aromatic heterocycles. The van der Waals surface area contributed by atoms with Crippen LogP contribution in [0.15, 0.2) is 24.3 Å². The van der Waals surface area contributed by atoms with Crippen LogP contribution in [0.25, 0.3) is 0 Å². The van der Waals surface area contributed by atoms with Gasteiger partial charge in [0.1, 0.15) is 5.82 Å². The average molecular weight is 251 g/mol. The van der Waals surface area contributed by atoms with Crippen molar-refractivity contribution < 1.29 is 14.3 Å². The average Bonchev–Trinajstić information content (AvgIpc) is 2.38. The molecule has 0 spiro atoms. The van der Waals surface area contributed by atoms with Gasteiger partial charge in [-0.25, -0.2) is 4.39 Å². The highest BCUT2D eigenvalue weighted by molar-refractivity contribution is 5.66. The zero-order chi connectivity index (χ0) is 13.0. The van der Waals surface area contributed by atoms with Crippen LogP contribution in [0.4, 0.5) is 4.39 Å². The molecule has 0 atom stereocenters.